The van der Waals surface area contributed by atoms with Gasteiger partial charge in [0.15, 0.2) is 0 Å². The van der Waals surface area contributed by atoms with Crippen LogP contribution in [-0.4, -0.2) is 39.2 Å². The predicted octanol–water partition coefficient (Wildman–Crippen LogP) is 7.01. The van der Waals surface area contributed by atoms with Crippen molar-refractivity contribution in [2.75, 3.05) is 33.0 Å². The zero-order valence-corrected chi connectivity index (χ0v) is 20.9. The van der Waals surface area contributed by atoms with Crippen LogP contribution < -0.4 is 9.47 Å². The second-order valence-corrected chi connectivity index (χ2v) is 8.28. The zero-order chi connectivity index (χ0) is 22.9. The first-order chi connectivity index (χ1) is 15.0. The first-order valence-electron chi connectivity index (χ1n) is 10.1. The summed E-state index contributed by atoms with van der Waals surface area (Å²) in [7, 11) is 0. The summed E-state index contributed by atoms with van der Waals surface area (Å²) < 4.78 is 17.7. The molecule has 0 fully saturated rings. The molecule has 1 rings (SSSR count). The van der Waals surface area contributed by atoms with Gasteiger partial charge in [-0.15, -0.1) is 0 Å². The highest BCUT2D eigenvalue weighted by Crippen LogP contribution is 2.31. The summed E-state index contributed by atoms with van der Waals surface area (Å²) in [6, 6.07) is 4.00. The topological polar surface area (TPSA) is 49.3 Å². The summed E-state index contributed by atoms with van der Waals surface area (Å²) in [6.45, 7) is 6.49. The standard InChI is InChI=1S/C22H29Cl4NO4/c1-3-17-15-19(29-13-7-20(23)24)16-18(4-2)22(17)30-12-6-11-28-10-5-9-27-31-14-8-21(25)26/h7-9,15-16H,3-6,10-14H2,1-2H3/b27-9+. The van der Waals surface area contributed by atoms with E-state index in [-0.39, 0.29) is 15.6 Å². The van der Waals surface area contributed by atoms with Crippen LogP contribution in [0.25, 0.3) is 0 Å². The Hall–Kier alpha value is -1.11. The van der Waals surface area contributed by atoms with Crippen molar-refractivity contribution in [3.63, 3.8) is 0 Å². The van der Waals surface area contributed by atoms with Gasteiger partial charge < -0.3 is 19.0 Å². The maximum Gasteiger partial charge on any atom is 0.138 e. The van der Waals surface area contributed by atoms with E-state index >= 15 is 0 Å². The SMILES string of the molecule is CCc1cc(OCC=C(Cl)Cl)cc(CC)c1OCCCOCC/C=N/OCC=C(Cl)Cl. The minimum absolute atomic E-state index is 0.159. The highest BCUT2D eigenvalue weighted by Gasteiger charge is 2.11. The van der Waals surface area contributed by atoms with Gasteiger partial charge in [-0.25, -0.2) is 0 Å². The summed E-state index contributed by atoms with van der Waals surface area (Å²) in [6.07, 6.45) is 7.90. The Morgan fingerprint density at radius 3 is 2.13 bits per heavy atom. The second kappa shape index (κ2) is 17.4. The second-order valence-electron chi connectivity index (χ2n) is 6.26. The summed E-state index contributed by atoms with van der Waals surface area (Å²) >= 11 is 22.2. The average molecular weight is 513 g/mol. The molecule has 0 unspecified atom stereocenters. The van der Waals surface area contributed by atoms with E-state index < -0.39 is 0 Å². The Kier molecular flexibility index (Phi) is 15.7. The monoisotopic (exact) mass is 511 g/mol. The van der Waals surface area contributed by atoms with Crippen LogP contribution in [0.2, 0.25) is 0 Å². The molecule has 0 aliphatic heterocycles. The maximum absolute atomic E-state index is 6.08. The lowest BCUT2D eigenvalue weighted by Gasteiger charge is -2.17. The quantitative estimate of drug-likeness (QED) is 0.136. The van der Waals surface area contributed by atoms with Crippen molar-refractivity contribution in [3.05, 3.63) is 44.4 Å². The lowest BCUT2D eigenvalue weighted by Crippen LogP contribution is -2.07. The lowest BCUT2D eigenvalue weighted by atomic mass is 10.0. The van der Waals surface area contributed by atoms with Crippen LogP contribution in [0.3, 0.4) is 0 Å². The Balaban J connectivity index is 2.36. The van der Waals surface area contributed by atoms with Crippen molar-refractivity contribution in [3.8, 4) is 11.5 Å². The molecule has 1 aromatic rings. The Morgan fingerprint density at radius 2 is 1.52 bits per heavy atom. The molecule has 0 saturated heterocycles. The minimum Gasteiger partial charge on any atom is -0.493 e. The van der Waals surface area contributed by atoms with Gasteiger partial charge in [-0.3, -0.25) is 0 Å². The third-order valence-corrected chi connectivity index (χ3v) is 4.61. The molecular formula is C22H29Cl4NO4. The molecule has 174 valence electrons. The van der Waals surface area contributed by atoms with Gasteiger partial charge in [-0.2, -0.15) is 0 Å². The van der Waals surface area contributed by atoms with E-state index in [2.05, 4.69) is 19.0 Å². The first-order valence-corrected chi connectivity index (χ1v) is 11.6. The number of aryl methyl sites for hydroxylation is 2. The van der Waals surface area contributed by atoms with E-state index in [1.807, 2.05) is 12.1 Å². The lowest BCUT2D eigenvalue weighted by molar-refractivity contribution is 0.124. The minimum atomic E-state index is 0.159. The molecule has 0 spiro atoms. The number of rotatable bonds is 16. The van der Waals surface area contributed by atoms with Crippen molar-refractivity contribution >= 4 is 52.6 Å². The molecule has 0 N–H and O–H groups in total. The number of hydrogen-bond acceptors (Lipinski definition) is 5. The number of hydrogen-bond donors (Lipinski definition) is 0. The van der Waals surface area contributed by atoms with Gasteiger partial charge in [0.2, 0.25) is 0 Å². The normalized spacial score (nSPS) is 10.8. The van der Waals surface area contributed by atoms with Crippen LogP contribution in [0.1, 0.15) is 37.8 Å². The molecular weight excluding hydrogens is 484 g/mol. The van der Waals surface area contributed by atoms with Gasteiger partial charge in [-0.1, -0.05) is 65.4 Å². The molecule has 0 aliphatic carbocycles. The van der Waals surface area contributed by atoms with Crippen molar-refractivity contribution in [1.82, 2.24) is 0 Å². The van der Waals surface area contributed by atoms with Crippen molar-refractivity contribution in [1.29, 1.82) is 0 Å². The molecule has 0 bridgehead atoms. The molecule has 1 aromatic carbocycles. The first kappa shape index (κ1) is 27.9. The Morgan fingerprint density at radius 1 is 0.871 bits per heavy atom. The van der Waals surface area contributed by atoms with Gasteiger partial charge in [0.05, 0.1) is 13.2 Å². The van der Waals surface area contributed by atoms with Gasteiger partial charge >= 0.3 is 0 Å². The van der Waals surface area contributed by atoms with Crippen LogP contribution in [0.15, 0.2) is 38.4 Å². The van der Waals surface area contributed by atoms with Crippen LogP contribution in [0.5, 0.6) is 11.5 Å². The summed E-state index contributed by atoms with van der Waals surface area (Å²) in [5.74, 6) is 1.71. The van der Waals surface area contributed by atoms with Gasteiger partial charge in [0.1, 0.15) is 33.7 Å². The van der Waals surface area contributed by atoms with Gasteiger partial charge in [0.25, 0.3) is 0 Å². The summed E-state index contributed by atoms with van der Waals surface area (Å²) in [4.78, 5) is 4.95. The van der Waals surface area contributed by atoms with Crippen molar-refractivity contribution < 1.29 is 19.0 Å². The highest BCUT2D eigenvalue weighted by atomic mass is 35.5. The number of ether oxygens (including phenoxy) is 3. The van der Waals surface area contributed by atoms with Crippen LogP contribution in [0, 0.1) is 0 Å². The molecule has 9 heteroatoms. The molecule has 31 heavy (non-hydrogen) atoms. The third-order valence-electron chi connectivity index (χ3n) is 4.00. The van der Waals surface area contributed by atoms with E-state index in [9.17, 15) is 0 Å². The van der Waals surface area contributed by atoms with E-state index in [0.717, 1.165) is 41.9 Å². The van der Waals surface area contributed by atoms with E-state index in [0.29, 0.717) is 32.8 Å². The molecule has 0 atom stereocenters. The third kappa shape index (κ3) is 13.1. The molecule has 0 aromatic heterocycles. The van der Waals surface area contributed by atoms with E-state index in [4.69, 9.17) is 65.5 Å². The Bertz CT molecular complexity index is 705. The molecule has 0 radical (unpaired) electrons. The zero-order valence-electron chi connectivity index (χ0n) is 17.8. The molecule has 0 aliphatic rings. The molecule has 0 amide bonds. The molecule has 0 saturated carbocycles. The molecule has 5 nitrogen and oxygen atoms in total. The smallest absolute Gasteiger partial charge is 0.138 e. The fraction of sp³-hybridized carbons (Fsp3) is 0.500. The van der Waals surface area contributed by atoms with Gasteiger partial charge in [0, 0.05) is 25.7 Å². The van der Waals surface area contributed by atoms with E-state index in [1.165, 1.54) is 6.08 Å². The number of halogens is 4. The summed E-state index contributed by atoms with van der Waals surface area (Å²) in [5.41, 5.74) is 2.22. The number of benzene rings is 1. The van der Waals surface area contributed by atoms with Crippen LogP contribution >= 0.6 is 46.4 Å². The van der Waals surface area contributed by atoms with Crippen molar-refractivity contribution in [2.45, 2.75) is 39.5 Å². The number of oxime groups is 1. The fourth-order valence-corrected chi connectivity index (χ4v) is 2.79. The van der Waals surface area contributed by atoms with Crippen LogP contribution in [-0.2, 0) is 22.4 Å². The highest BCUT2D eigenvalue weighted by molar-refractivity contribution is 6.56. The predicted molar refractivity (Wildman–Crippen MR) is 130 cm³/mol. The van der Waals surface area contributed by atoms with Gasteiger partial charge in [-0.05, 0) is 48.3 Å². The van der Waals surface area contributed by atoms with E-state index in [1.54, 1.807) is 12.3 Å². The Labute approximate surface area is 204 Å². The summed E-state index contributed by atoms with van der Waals surface area (Å²) in [5, 5.41) is 3.77. The molecule has 0 heterocycles. The van der Waals surface area contributed by atoms with Crippen LogP contribution in [0.4, 0.5) is 0 Å². The van der Waals surface area contributed by atoms with Crippen molar-refractivity contribution in [2.24, 2.45) is 5.16 Å². The average Bonchev–Trinajstić information content (AvgIpc) is 2.74. The maximum atomic E-state index is 6.08. The number of nitrogens with zero attached hydrogens (tertiary/aromatic N) is 1. The fourth-order valence-electron chi connectivity index (χ4n) is 2.54. The largest absolute Gasteiger partial charge is 0.493 e.